The van der Waals surface area contributed by atoms with Gasteiger partial charge in [0.15, 0.2) is 6.10 Å². The highest BCUT2D eigenvalue weighted by atomic mass is 16.5. The maximum absolute atomic E-state index is 12.2. The summed E-state index contributed by atoms with van der Waals surface area (Å²) < 4.78 is 5.66. The van der Waals surface area contributed by atoms with E-state index in [1.54, 1.807) is 6.92 Å². The third-order valence-corrected chi connectivity index (χ3v) is 5.36. The molecular formula is C24H33N3O2. The predicted molar refractivity (Wildman–Crippen MR) is 119 cm³/mol. The minimum Gasteiger partial charge on any atom is -0.481 e. The molecule has 0 bridgehead atoms. The molecule has 3 rings (SSSR count). The second kappa shape index (κ2) is 10.9. The molecule has 1 saturated heterocycles. The van der Waals surface area contributed by atoms with Crippen molar-refractivity contribution >= 4 is 11.6 Å². The number of hydrogen-bond acceptors (Lipinski definition) is 4. The highest BCUT2D eigenvalue weighted by Crippen LogP contribution is 2.18. The van der Waals surface area contributed by atoms with Crippen molar-refractivity contribution in [3.8, 4) is 5.75 Å². The summed E-state index contributed by atoms with van der Waals surface area (Å²) in [4.78, 5) is 17.1. The Morgan fingerprint density at radius 2 is 1.79 bits per heavy atom. The third-order valence-electron chi connectivity index (χ3n) is 5.36. The summed E-state index contributed by atoms with van der Waals surface area (Å²) in [6.07, 6.45) is 1.60. The number of amides is 1. The minimum atomic E-state index is -0.480. The molecule has 0 spiro atoms. The standard InChI is InChI=1S/C24H33N3O2/c1-20-9-8-10-22(19-20)27-17-15-26(16-18-27)14-7-6-13-25-24(28)21(2)29-23-11-4-3-5-12-23/h3-5,8-12,19,21H,6-7,13-18H2,1-2H3,(H,25,28). The number of nitrogens with zero attached hydrogens (tertiary/aromatic N) is 2. The van der Waals surface area contributed by atoms with Gasteiger partial charge in [-0.3, -0.25) is 9.69 Å². The van der Waals surface area contributed by atoms with E-state index in [4.69, 9.17) is 4.74 Å². The van der Waals surface area contributed by atoms with Crippen molar-refractivity contribution < 1.29 is 9.53 Å². The normalized spacial score (nSPS) is 15.7. The third kappa shape index (κ3) is 6.79. The molecule has 2 aromatic rings. The monoisotopic (exact) mass is 395 g/mol. The molecule has 29 heavy (non-hydrogen) atoms. The fourth-order valence-electron chi connectivity index (χ4n) is 3.63. The second-order valence-corrected chi connectivity index (χ2v) is 7.74. The first-order chi connectivity index (χ1) is 14.1. The van der Waals surface area contributed by atoms with E-state index in [0.29, 0.717) is 6.54 Å². The number of hydrogen-bond donors (Lipinski definition) is 1. The Hall–Kier alpha value is -2.53. The molecule has 1 fully saturated rings. The molecular weight excluding hydrogens is 362 g/mol. The molecule has 2 aromatic carbocycles. The van der Waals surface area contributed by atoms with Gasteiger partial charge in [-0.2, -0.15) is 0 Å². The Labute approximate surface area is 174 Å². The maximum Gasteiger partial charge on any atom is 0.260 e. The van der Waals surface area contributed by atoms with E-state index in [9.17, 15) is 4.79 Å². The molecule has 0 aliphatic carbocycles. The average molecular weight is 396 g/mol. The lowest BCUT2D eigenvalue weighted by atomic mass is 10.2. The van der Waals surface area contributed by atoms with Crippen molar-refractivity contribution in [1.29, 1.82) is 0 Å². The number of benzene rings is 2. The lowest BCUT2D eigenvalue weighted by Gasteiger charge is -2.36. The number of ether oxygens (including phenoxy) is 1. The molecule has 1 N–H and O–H groups in total. The predicted octanol–water partition coefficient (Wildman–Crippen LogP) is 3.48. The van der Waals surface area contributed by atoms with Crippen LogP contribution in [0.4, 0.5) is 5.69 Å². The SMILES string of the molecule is Cc1cccc(N2CCN(CCCCNC(=O)C(C)Oc3ccccc3)CC2)c1. The van der Waals surface area contributed by atoms with Gasteiger partial charge in [0, 0.05) is 38.4 Å². The van der Waals surface area contributed by atoms with Gasteiger partial charge in [-0.25, -0.2) is 0 Å². The van der Waals surface area contributed by atoms with Crippen molar-refractivity contribution in [3.05, 3.63) is 60.2 Å². The fourth-order valence-corrected chi connectivity index (χ4v) is 3.63. The van der Waals surface area contributed by atoms with Crippen LogP contribution in [0.2, 0.25) is 0 Å². The van der Waals surface area contributed by atoms with E-state index in [0.717, 1.165) is 51.3 Å². The summed E-state index contributed by atoms with van der Waals surface area (Å²) in [6.45, 7) is 10.1. The summed E-state index contributed by atoms with van der Waals surface area (Å²) in [6, 6.07) is 18.2. The van der Waals surface area contributed by atoms with Crippen molar-refractivity contribution in [2.75, 3.05) is 44.2 Å². The van der Waals surface area contributed by atoms with Gasteiger partial charge in [-0.05, 0) is 63.1 Å². The van der Waals surface area contributed by atoms with Crippen LogP contribution in [0.1, 0.15) is 25.3 Å². The van der Waals surface area contributed by atoms with Crippen LogP contribution < -0.4 is 15.0 Å². The summed E-state index contributed by atoms with van der Waals surface area (Å²) in [5.41, 5.74) is 2.65. The van der Waals surface area contributed by atoms with Gasteiger partial charge in [0.05, 0.1) is 0 Å². The molecule has 156 valence electrons. The van der Waals surface area contributed by atoms with Gasteiger partial charge in [0.25, 0.3) is 5.91 Å². The first kappa shape index (κ1) is 21.2. The molecule has 5 nitrogen and oxygen atoms in total. The lowest BCUT2D eigenvalue weighted by Crippen LogP contribution is -2.46. The Bertz CT molecular complexity index is 758. The molecule has 1 heterocycles. The van der Waals surface area contributed by atoms with Gasteiger partial charge < -0.3 is 15.0 Å². The number of unbranched alkanes of at least 4 members (excludes halogenated alkanes) is 1. The molecule has 0 aromatic heterocycles. The highest BCUT2D eigenvalue weighted by molar-refractivity contribution is 5.80. The van der Waals surface area contributed by atoms with Crippen LogP contribution in [-0.2, 0) is 4.79 Å². The van der Waals surface area contributed by atoms with E-state index in [-0.39, 0.29) is 5.91 Å². The number of carbonyl (C=O) groups excluding carboxylic acids is 1. The molecule has 1 aliphatic rings. The summed E-state index contributed by atoms with van der Waals surface area (Å²) in [7, 11) is 0. The van der Waals surface area contributed by atoms with Crippen LogP contribution in [0, 0.1) is 6.92 Å². The maximum atomic E-state index is 12.2. The quantitative estimate of drug-likeness (QED) is 0.660. The van der Waals surface area contributed by atoms with Crippen LogP contribution in [0.15, 0.2) is 54.6 Å². The van der Waals surface area contributed by atoms with E-state index in [2.05, 4.69) is 46.3 Å². The van der Waals surface area contributed by atoms with Crippen molar-refractivity contribution in [3.63, 3.8) is 0 Å². The molecule has 1 amide bonds. The van der Waals surface area contributed by atoms with Gasteiger partial charge in [-0.15, -0.1) is 0 Å². The minimum absolute atomic E-state index is 0.0550. The number of para-hydroxylation sites is 1. The van der Waals surface area contributed by atoms with E-state index in [1.807, 2.05) is 30.3 Å². The largest absolute Gasteiger partial charge is 0.481 e. The van der Waals surface area contributed by atoms with Gasteiger partial charge in [0.1, 0.15) is 5.75 Å². The zero-order chi connectivity index (χ0) is 20.5. The Morgan fingerprint density at radius 3 is 2.52 bits per heavy atom. The molecule has 0 radical (unpaired) electrons. The number of nitrogens with one attached hydrogen (secondary N) is 1. The molecule has 1 unspecified atom stereocenters. The zero-order valence-corrected chi connectivity index (χ0v) is 17.6. The molecule has 1 atom stereocenters. The van der Waals surface area contributed by atoms with Crippen LogP contribution in [0.5, 0.6) is 5.75 Å². The topological polar surface area (TPSA) is 44.8 Å². The summed E-state index contributed by atoms with van der Waals surface area (Å²) in [5.74, 6) is 0.667. The van der Waals surface area contributed by atoms with Crippen LogP contribution in [0.3, 0.4) is 0 Å². The number of carbonyl (C=O) groups is 1. The van der Waals surface area contributed by atoms with Gasteiger partial charge in [-0.1, -0.05) is 30.3 Å². The lowest BCUT2D eigenvalue weighted by molar-refractivity contribution is -0.127. The number of aryl methyl sites for hydroxylation is 1. The van der Waals surface area contributed by atoms with Crippen LogP contribution >= 0.6 is 0 Å². The fraction of sp³-hybridized carbons (Fsp3) is 0.458. The Morgan fingerprint density at radius 1 is 1.03 bits per heavy atom. The van der Waals surface area contributed by atoms with Crippen LogP contribution in [-0.4, -0.2) is 56.2 Å². The summed E-state index contributed by atoms with van der Waals surface area (Å²) in [5, 5.41) is 2.98. The van der Waals surface area contributed by atoms with Crippen molar-refractivity contribution in [1.82, 2.24) is 10.2 Å². The summed E-state index contributed by atoms with van der Waals surface area (Å²) >= 11 is 0. The van der Waals surface area contributed by atoms with E-state index >= 15 is 0 Å². The van der Waals surface area contributed by atoms with Crippen LogP contribution in [0.25, 0.3) is 0 Å². The van der Waals surface area contributed by atoms with Gasteiger partial charge in [0.2, 0.25) is 0 Å². The van der Waals surface area contributed by atoms with Crippen molar-refractivity contribution in [2.24, 2.45) is 0 Å². The number of rotatable bonds is 9. The number of piperazine rings is 1. The Kier molecular flexibility index (Phi) is 7.94. The smallest absolute Gasteiger partial charge is 0.260 e. The zero-order valence-electron chi connectivity index (χ0n) is 17.6. The Balaban J connectivity index is 1.27. The van der Waals surface area contributed by atoms with E-state index in [1.165, 1.54) is 11.3 Å². The molecule has 1 aliphatic heterocycles. The van der Waals surface area contributed by atoms with E-state index < -0.39 is 6.10 Å². The number of anilines is 1. The van der Waals surface area contributed by atoms with Gasteiger partial charge >= 0.3 is 0 Å². The van der Waals surface area contributed by atoms with Crippen molar-refractivity contribution in [2.45, 2.75) is 32.8 Å². The average Bonchev–Trinajstić information content (AvgIpc) is 2.74. The highest BCUT2D eigenvalue weighted by Gasteiger charge is 2.17. The first-order valence-electron chi connectivity index (χ1n) is 10.7. The molecule has 0 saturated carbocycles. The first-order valence-corrected chi connectivity index (χ1v) is 10.7. The second-order valence-electron chi connectivity index (χ2n) is 7.74. The molecule has 5 heteroatoms.